The normalized spacial score (nSPS) is 15.8. The summed E-state index contributed by atoms with van der Waals surface area (Å²) in [5, 5.41) is 0.878. The molecule has 1 aromatic heterocycles. The first kappa shape index (κ1) is 27.2. The average molecular weight is 552 g/mol. The summed E-state index contributed by atoms with van der Waals surface area (Å²) in [5.74, 6) is 3.45. The van der Waals surface area contributed by atoms with Gasteiger partial charge in [0.05, 0.1) is 7.11 Å². The lowest BCUT2D eigenvalue weighted by Crippen LogP contribution is -2.49. The smallest absolute Gasteiger partial charge is 0.231 e. The first-order chi connectivity index (χ1) is 19.0. The molecule has 39 heavy (non-hydrogen) atoms. The predicted molar refractivity (Wildman–Crippen MR) is 152 cm³/mol. The van der Waals surface area contributed by atoms with Crippen LogP contribution in [0.25, 0.3) is 0 Å². The highest BCUT2D eigenvalue weighted by molar-refractivity contribution is 7.09. The third-order valence-corrected chi connectivity index (χ3v) is 8.25. The SMILES string of the molecule is CCC(C)N(CCC(=O)N1CCN(Cc2ccc3c(c2)OCO3)CC1)c1nc(Cc2cccc(OC)c2)ns1. The zero-order valence-electron chi connectivity index (χ0n) is 23.0. The number of rotatable bonds is 11. The van der Waals surface area contributed by atoms with E-state index >= 15 is 0 Å². The fourth-order valence-electron chi connectivity index (χ4n) is 4.95. The largest absolute Gasteiger partial charge is 0.497 e. The number of piperazine rings is 1. The number of carbonyl (C=O) groups is 1. The topological polar surface area (TPSA) is 80.3 Å². The summed E-state index contributed by atoms with van der Waals surface area (Å²) < 4.78 is 20.9. The molecular formula is C29H37N5O4S. The molecule has 9 nitrogen and oxygen atoms in total. The van der Waals surface area contributed by atoms with Gasteiger partial charge in [0.25, 0.3) is 0 Å². The number of fused-ring (bicyclic) bond motifs is 1. The number of ether oxygens (including phenoxy) is 3. The van der Waals surface area contributed by atoms with Crippen LogP contribution in [0.1, 0.15) is 43.6 Å². The summed E-state index contributed by atoms with van der Waals surface area (Å²) in [5.41, 5.74) is 2.31. The third-order valence-electron chi connectivity index (χ3n) is 7.46. The molecule has 0 bridgehead atoms. The molecule has 2 aliphatic heterocycles. The lowest BCUT2D eigenvalue weighted by molar-refractivity contribution is -0.132. The van der Waals surface area contributed by atoms with E-state index in [-0.39, 0.29) is 18.7 Å². The molecule has 3 aromatic rings. The number of hydrogen-bond acceptors (Lipinski definition) is 9. The predicted octanol–water partition coefficient (Wildman–Crippen LogP) is 4.21. The van der Waals surface area contributed by atoms with E-state index in [2.05, 4.69) is 46.2 Å². The molecule has 5 rings (SSSR count). The van der Waals surface area contributed by atoms with Crippen molar-refractivity contribution in [2.24, 2.45) is 0 Å². The molecule has 10 heteroatoms. The Labute approximate surface area is 234 Å². The van der Waals surface area contributed by atoms with Gasteiger partial charge in [-0.2, -0.15) is 4.37 Å². The van der Waals surface area contributed by atoms with E-state index in [1.165, 1.54) is 17.1 Å². The second kappa shape index (κ2) is 12.7. The summed E-state index contributed by atoms with van der Waals surface area (Å²) in [6.07, 6.45) is 2.09. The van der Waals surface area contributed by atoms with E-state index in [0.29, 0.717) is 19.4 Å². The zero-order valence-corrected chi connectivity index (χ0v) is 23.8. The number of aromatic nitrogens is 2. The molecule has 1 saturated heterocycles. The lowest BCUT2D eigenvalue weighted by Gasteiger charge is -2.35. The van der Waals surface area contributed by atoms with Crippen LogP contribution >= 0.6 is 11.5 Å². The van der Waals surface area contributed by atoms with Gasteiger partial charge >= 0.3 is 0 Å². The van der Waals surface area contributed by atoms with Gasteiger partial charge in [0.15, 0.2) is 11.5 Å². The minimum atomic E-state index is 0.201. The van der Waals surface area contributed by atoms with Gasteiger partial charge < -0.3 is 24.0 Å². The Morgan fingerprint density at radius 2 is 1.92 bits per heavy atom. The molecule has 3 heterocycles. The molecule has 0 N–H and O–H groups in total. The second-order valence-corrected chi connectivity index (χ2v) is 10.8. The van der Waals surface area contributed by atoms with Gasteiger partial charge in [0, 0.05) is 69.7 Å². The zero-order chi connectivity index (χ0) is 27.2. The molecule has 0 aliphatic carbocycles. The molecule has 2 aliphatic rings. The van der Waals surface area contributed by atoms with Gasteiger partial charge in [-0.25, -0.2) is 4.98 Å². The van der Waals surface area contributed by atoms with Crippen LogP contribution in [0, 0.1) is 0 Å². The van der Waals surface area contributed by atoms with Crippen molar-refractivity contribution < 1.29 is 19.0 Å². The fraction of sp³-hybridized carbons (Fsp3) is 0.483. The van der Waals surface area contributed by atoms with Crippen molar-refractivity contribution in [1.82, 2.24) is 19.2 Å². The fourth-order valence-corrected chi connectivity index (χ4v) is 5.76. The highest BCUT2D eigenvalue weighted by Crippen LogP contribution is 2.33. The summed E-state index contributed by atoms with van der Waals surface area (Å²) in [7, 11) is 1.67. The van der Waals surface area contributed by atoms with E-state index in [0.717, 1.165) is 72.9 Å². The van der Waals surface area contributed by atoms with Crippen molar-refractivity contribution in [1.29, 1.82) is 0 Å². The van der Waals surface area contributed by atoms with Crippen LogP contribution < -0.4 is 19.1 Å². The van der Waals surface area contributed by atoms with Crippen molar-refractivity contribution in [3.8, 4) is 17.2 Å². The number of benzene rings is 2. The Morgan fingerprint density at radius 1 is 1.10 bits per heavy atom. The Bertz CT molecular complexity index is 1260. The van der Waals surface area contributed by atoms with Gasteiger partial charge in [-0.05, 0) is 48.7 Å². The van der Waals surface area contributed by atoms with E-state index < -0.39 is 0 Å². The van der Waals surface area contributed by atoms with Crippen LogP contribution in [0.2, 0.25) is 0 Å². The van der Waals surface area contributed by atoms with Crippen molar-refractivity contribution in [3.63, 3.8) is 0 Å². The van der Waals surface area contributed by atoms with Crippen molar-refractivity contribution in [3.05, 3.63) is 59.4 Å². The molecule has 1 atom stereocenters. The van der Waals surface area contributed by atoms with Gasteiger partial charge in [-0.1, -0.05) is 25.1 Å². The summed E-state index contributed by atoms with van der Waals surface area (Å²) in [6, 6.07) is 14.4. The van der Waals surface area contributed by atoms with Crippen LogP contribution in [0.3, 0.4) is 0 Å². The lowest BCUT2D eigenvalue weighted by atomic mass is 10.1. The quantitative estimate of drug-likeness (QED) is 0.351. The Balaban J connectivity index is 1.12. The summed E-state index contributed by atoms with van der Waals surface area (Å²) in [6.45, 7) is 9.33. The van der Waals surface area contributed by atoms with Crippen LogP contribution in [0.15, 0.2) is 42.5 Å². The molecule has 1 amide bonds. The van der Waals surface area contributed by atoms with Crippen LogP contribution in [-0.2, 0) is 17.8 Å². The van der Waals surface area contributed by atoms with E-state index in [1.807, 2.05) is 29.2 Å². The second-order valence-electron chi connectivity index (χ2n) is 10.1. The van der Waals surface area contributed by atoms with Crippen LogP contribution in [0.4, 0.5) is 5.13 Å². The van der Waals surface area contributed by atoms with E-state index in [4.69, 9.17) is 19.2 Å². The van der Waals surface area contributed by atoms with Crippen LogP contribution in [-0.4, -0.2) is 77.7 Å². The van der Waals surface area contributed by atoms with Gasteiger partial charge in [0.2, 0.25) is 17.8 Å². The first-order valence-corrected chi connectivity index (χ1v) is 14.4. The molecular weight excluding hydrogens is 514 g/mol. The molecule has 1 unspecified atom stereocenters. The van der Waals surface area contributed by atoms with Gasteiger partial charge in [-0.3, -0.25) is 9.69 Å². The average Bonchev–Trinajstić information content (AvgIpc) is 3.63. The van der Waals surface area contributed by atoms with Crippen molar-refractivity contribution >= 4 is 22.6 Å². The summed E-state index contributed by atoms with van der Waals surface area (Å²) >= 11 is 1.41. The number of amides is 1. The van der Waals surface area contributed by atoms with Crippen LogP contribution in [0.5, 0.6) is 17.2 Å². The number of methoxy groups -OCH3 is 1. The number of hydrogen-bond donors (Lipinski definition) is 0. The minimum Gasteiger partial charge on any atom is -0.497 e. The molecule has 1 fully saturated rings. The van der Waals surface area contributed by atoms with Crippen molar-refractivity contribution in [2.75, 3.05) is 51.5 Å². The first-order valence-electron chi connectivity index (χ1n) is 13.6. The van der Waals surface area contributed by atoms with Crippen molar-refractivity contribution in [2.45, 2.75) is 45.7 Å². The van der Waals surface area contributed by atoms with Gasteiger partial charge in [0.1, 0.15) is 11.6 Å². The highest BCUT2D eigenvalue weighted by atomic mass is 32.1. The molecule has 0 radical (unpaired) electrons. The maximum absolute atomic E-state index is 13.2. The number of carbonyl (C=O) groups excluding carboxylic acids is 1. The number of nitrogens with zero attached hydrogens (tertiary/aromatic N) is 5. The number of anilines is 1. The maximum Gasteiger partial charge on any atom is 0.231 e. The molecule has 0 spiro atoms. The summed E-state index contributed by atoms with van der Waals surface area (Å²) in [4.78, 5) is 24.6. The molecule has 208 valence electrons. The highest BCUT2D eigenvalue weighted by Gasteiger charge is 2.24. The van der Waals surface area contributed by atoms with Gasteiger partial charge in [-0.15, -0.1) is 0 Å². The maximum atomic E-state index is 13.2. The molecule has 2 aromatic carbocycles. The van der Waals surface area contributed by atoms with E-state index in [9.17, 15) is 4.79 Å². The Hall–Kier alpha value is -3.37. The molecule has 0 saturated carbocycles. The standard InChI is InChI=1S/C29H37N5O4S/c1-4-21(2)34(29-30-27(31-39-29)18-22-6-5-7-24(16-22)36-3)11-10-28(35)33-14-12-32(13-15-33)19-23-8-9-25-26(17-23)38-20-37-25/h5-9,16-17,21H,4,10-15,18-20H2,1-3H3. The third kappa shape index (κ3) is 6.80. The minimum absolute atomic E-state index is 0.201. The monoisotopic (exact) mass is 551 g/mol. The Kier molecular flexibility index (Phi) is 8.83. The Morgan fingerprint density at radius 3 is 2.72 bits per heavy atom. The van der Waals surface area contributed by atoms with E-state index in [1.54, 1.807) is 7.11 Å².